The number of carbonyl (C=O) groups excluding carboxylic acids is 1. The molecule has 3 aromatic rings. The molecule has 1 aromatic heterocycles. The van der Waals surface area contributed by atoms with Gasteiger partial charge >= 0.3 is 0 Å². The third-order valence-corrected chi connectivity index (χ3v) is 9.40. The monoisotopic (exact) mass is 543 g/mol. The van der Waals surface area contributed by atoms with Crippen LogP contribution in [0.1, 0.15) is 32.7 Å². The van der Waals surface area contributed by atoms with Crippen molar-refractivity contribution in [2.45, 2.75) is 25.4 Å². The Labute approximate surface area is 211 Å². The zero-order chi connectivity index (χ0) is 23.4. The third-order valence-electron chi connectivity index (χ3n) is 5.41. The number of ether oxygens (including phenoxy) is 1. The van der Waals surface area contributed by atoms with E-state index >= 15 is 0 Å². The summed E-state index contributed by atoms with van der Waals surface area (Å²) >= 11 is 7.49. The molecule has 0 radical (unpaired) electrons. The number of hydrazone groups is 1. The van der Waals surface area contributed by atoms with Gasteiger partial charge < -0.3 is 9.30 Å². The predicted octanol–water partition coefficient (Wildman–Crippen LogP) is 6.17. The van der Waals surface area contributed by atoms with Crippen LogP contribution in [0.15, 0.2) is 58.1 Å². The maximum absolute atomic E-state index is 12.2. The Morgan fingerprint density at radius 3 is 2.58 bits per heavy atom. The van der Waals surface area contributed by atoms with Crippen molar-refractivity contribution in [2.24, 2.45) is 5.10 Å². The third kappa shape index (κ3) is 5.86. The average molecular weight is 545 g/mol. The van der Waals surface area contributed by atoms with Crippen LogP contribution in [0.2, 0.25) is 0 Å². The van der Waals surface area contributed by atoms with Crippen LogP contribution in [0.3, 0.4) is 0 Å². The number of hydrogen-bond donors (Lipinski definition) is 1. The van der Waals surface area contributed by atoms with Gasteiger partial charge in [0.2, 0.25) is 0 Å². The molecule has 1 aliphatic heterocycles. The van der Waals surface area contributed by atoms with Gasteiger partial charge in [-0.15, -0.1) is 23.5 Å². The lowest BCUT2D eigenvalue weighted by Crippen LogP contribution is -2.24. The first kappa shape index (κ1) is 24.0. The summed E-state index contributed by atoms with van der Waals surface area (Å²) in [6.45, 7) is 6.09. The Kier molecular flexibility index (Phi) is 7.88. The van der Waals surface area contributed by atoms with Crippen LogP contribution in [0.5, 0.6) is 5.75 Å². The van der Waals surface area contributed by atoms with Crippen molar-refractivity contribution < 1.29 is 9.53 Å². The largest absolute Gasteiger partial charge is 0.484 e. The van der Waals surface area contributed by atoms with Crippen molar-refractivity contribution in [1.82, 2.24) is 9.99 Å². The van der Waals surface area contributed by atoms with Gasteiger partial charge in [0, 0.05) is 38.6 Å². The quantitative estimate of drug-likeness (QED) is 0.286. The molecule has 172 valence electrons. The Balaban J connectivity index is 1.32. The highest BCUT2D eigenvalue weighted by molar-refractivity contribution is 9.10. The molecule has 1 saturated heterocycles. The summed E-state index contributed by atoms with van der Waals surface area (Å²) in [7, 11) is 0. The molecule has 4 rings (SSSR count). The number of hydrogen-bond acceptors (Lipinski definition) is 5. The van der Waals surface area contributed by atoms with Crippen LogP contribution in [0, 0.1) is 20.8 Å². The van der Waals surface area contributed by atoms with Gasteiger partial charge in [-0.1, -0.05) is 28.1 Å². The average Bonchev–Trinajstić information content (AvgIpc) is 3.43. The second kappa shape index (κ2) is 10.8. The highest BCUT2D eigenvalue weighted by Crippen LogP contribution is 2.45. The van der Waals surface area contributed by atoms with Crippen LogP contribution in [0.4, 0.5) is 0 Å². The van der Waals surface area contributed by atoms with Crippen molar-refractivity contribution >= 4 is 51.6 Å². The summed E-state index contributed by atoms with van der Waals surface area (Å²) < 4.78 is 9.38. The molecule has 33 heavy (non-hydrogen) atoms. The zero-order valence-corrected chi connectivity index (χ0v) is 22.0. The number of aryl methyl sites for hydroxylation is 2. The minimum atomic E-state index is -0.297. The highest BCUT2D eigenvalue weighted by Gasteiger charge is 2.18. The van der Waals surface area contributed by atoms with Crippen LogP contribution < -0.4 is 10.2 Å². The molecule has 2 heterocycles. The molecule has 1 N–H and O–H groups in total. The number of amides is 1. The Bertz CT molecular complexity index is 1170. The smallest absolute Gasteiger partial charge is 0.277 e. The summed E-state index contributed by atoms with van der Waals surface area (Å²) in [5, 5.41) is 4.13. The number of benzene rings is 2. The lowest BCUT2D eigenvalue weighted by atomic mass is 10.2. The molecule has 1 fully saturated rings. The molecular formula is C25H26BrN3O2S2. The molecule has 0 spiro atoms. The van der Waals surface area contributed by atoms with Gasteiger partial charge in [0.15, 0.2) is 6.61 Å². The van der Waals surface area contributed by atoms with E-state index in [1.807, 2.05) is 42.6 Å². The van der Waals surface area contributed by atoms with Gasteiger partial charge in [0.25, 0.3) is 5.91 Å². The van der Waals surface area contributed by atoms with E-state index in [1.165, 1.54) is 22.6 Å². The molecule has 0 unspecified atom stereocenters. The molecular weight excluding hydrogens is 518 g/mol. The van der Waals surface area contributed by atoms with E-state index in [0.717, 1.165) is 27.1 Å². The van der Waals surface area contributed by atoms with Gasteiger partial charge in [0.1, 0.15) is 5.75 Å². The standard InChI is InChI=1S/C25H26BrN3O2S2/c1-16-12-21(6-9-23(16)26)29-17(2)13-20(18(29)3)14-27-28-24(30)15-31-22-7-4-19(5-8-22)25-32-10-11-33-25/h4-9,12-14,25H,10-11,15H2,1-3H3,(H,28,30)/b27-14-. The van der Waals surface area contributed by atoms with Crippen LogP contribution in [-0.2, 0) is 4.79 Å². The minimum Gasteiger partial charge on any atom is -0.484 e. The Hall–Kier alpha value is -2.16. The Morgan fingerprint density at radius 1 is 1.15 bits per heavy atom. The van der Waals surface area contributed by atoms with Gasteiger partial charge in [-0.25, -0.2) is 5.43 Å². The predicted molar refractivity (Wildman–Crippen MR) is 143 cm³/mol. The first-order valence-electron chi connectivity index (χ1n) is 10.7. The minimum absolute atomic E-state index is 0.0825. The number of thioether (sulfide) groups is 2. The van der Waals surface area contributed by atoms with Crippen LogP contribution >= 0.6 is 39.5 Å². The van der Waals surface area contributed by atoms with E-state index < -0.39 is 0 Å². The van der Waals surface area contributed by atoms with Crippen molar-refractivity contribution in [3.63, 3.8) is 0 Å². The number of carbonyl (C=O) groups is 1. The second-order valence-electron chi connectivity index (χ2n) is 7.82. The van der Waals surface area contributed by atoms with E-state index in [-0.39, 0.29) is 12.5 Å². The van der Waals surface area contributed by atoms with E-state index in [1.54, 1.807) is 6.21 Å². The zero-order valence-electron chi connectivity index (χ0n) is 18.8. The van der Waals surface area contributed by atoms with Crippen molar-refractivity contribution in [3.05, 3.63) is 81.1 Å². The van der Waals surface area contributed by atoms with Crippen molar-refractivity contribution in [1.29, 1.82) is 0 Å². The maximum atomic E-state index is 12.2. The van der Waals surface area contributed by atoms with Crippen molar-refractivity contribution in [2.75, 3.05) is 18.1 Å². The topological polar surface area (TPSA) is 55.6 Å². The molecule has 1 amide bonds. The molecule has 5 nitrogen and oxygen atoms in total. The van der Waals surface area contributed by atoms with E-state index in [9.17, 15) is 4.79 Å². The molecule has 0 bridgehead atoms. The second-order valence-corrected chi connectivity index (χ2v) is 11.4. The molecule has 8 heteroatoms. The number of nitrogens with one attached hydrogen (secondary N) is 1. The summed E-state index contributed by atoms with van der Waals surface area (Å²) in [6.07, 6.45) is 1.67. The van der Waals surface area contributed by atoms with Gasteiger partial charge in [-0.2, -0.15) is 5.10 Å². The van der Waals surface area contributed by atoms with Gasteiger partial charge in [0.05, 0.1) is 10.8 Å². The summed E-state index contributed by atoms with van der Waals surface area (Å²) in [6, 6.07) is 16.3. The first-order chi connectivity index (χ1) is 15.9. The van der Waals surface area contributed by atoms with Crippen molar-refractivity contribution in [3.8, 4) is 11.4 Å². The van der Waals surface area contributed by atoms with E-state index in [2.05, 4.69) is 81.3 Å². The van der Waals surface area contributed by atoms with E-state index in [0.29, 0.717) is 10.3 Å². The van der Waals surface area contributed by atoms with E-state index in [4.69, 9.17) is 4.74 Å². The fourth-order valence-corrected chi connectivity index (χ4v) is 6.82. The number of aromatic nitrogens is 1. The number of halogens is 1. The fourth-order valence-electron chi connectivity index (χ4n) is 3.71. The normalized spacial score (nSPS) is 14.2. The summed E-state index contributed by atoms with van der Waals surface area (Å²) in [4.78, 5) is 12.2. The first-order valence-corrected chi connectivity index (χ1v) is 13.5. The molecule has 0 saturated carbocycles. The SMILES string of the molecule is Cc1cc(-n2c(C)cc(/C=N\NC(=O)COc3ccc(C4SCCS4)cc3)c2C)ccc1Br. The van der Waals surface area contributed by atoms with Crippen LogP contribution in [0.25, 0.3) is 5.69 Å². The maximum Gasteiger partial charge on any atom is 0.277 e. The number of nitrogens with zero attached hydrogens (tertiary/aromatic N) is 2. The molecule has 0 atom stereocenters. The lowest BCUT2D eigenvalue weighted by Gasteiger charge is -2.11. The lowest BCUT2D eigenvalue weighted by molar-refractivity contribution is -0.123. The molecule has 2 aromatic carbocycles. The summed E-state index contributed by atoms with van der Waals surface area (Å²) in [5.41, 5.74) is 9.22. The Morgan fingerprint density at radius 2 is 1.88 bits per heavy atom. The fraction of sp³-hybridized carbons (Fsp3) is 0.280. The highest BCUT2D eigenvalue weighted by atomic mass is 79.9. The van der Waals surface area contributed by atoms with Crippen LogP contribution in [-0.4, -0.2) is 34.8 Å². The van der Waals surface area contributed by atoms with Gasteiger partial charge in [-0.3, -0.25) is 4.79 Å². The number of rotatable bonds is 7. The molecule has 0 aliphatic carbocycles. The molecule has 1 aliphatic rings. The van der Waals surface area contributed by atoms with Gasteiger partial charge in [-0.05, 0) is 68.3 Å². The summed E-state index contributed by atoms with van der Waals surface area (Å²) in [5.74, 6) is 2.78.